The Morgan fingerprint density at radius 1 is 1.12 bits per heavy atom. The van der Waals surface area contributed by atoms with Gasteiger partial charge in [0.2, 0.25) is 5.91 Å². The van der Waals surface area contributed by atoms with Gasteiger partial charge in [0.25, 0.3) is 0 Å². The number of aliphatic carboxylic acids is 1. The monoisotopic (exact) mass is 498 g/mol. The molecule has 0 unspecified atom stereocenters. The van der Waals surface area contributed by atoms with Gasteiger partial charge in [-0.25, -0.2) is 4.79 Å². The van der Waals surface area contributed by atoms with Crippen molar-refractivity contribution < 1.29 is 23.5 Å². The number of nitrogens with one attached hydrogen (secondary N) is 1. The van der Waals surface area contributed by atoms with Crippen LogP contribution < -0.4 is 16.0 Å². The normalized spacial score (nSPS) is 12.2. The second-order valence-corrected chi connectivity index (χ2v) is 9.32. The highest BCUT2D eigenvalue weighted by atomic mass is 35.5. The molecule has 7 nitrogen and oxygen atoms in total. The summed E-state index contributed by atoms with van der Waals surface area (Å²) in [6.07, 6.45) is 3.06. The SMILES string of the molecule is CSC[C@H](NC(=O)Cc1c(C)c2cc3c(-c4ccc(Cl)cc4)coc3c(C)c2oc1=O)C(=O)[O-]. The summed E-state index contributed by atoms with van der Waals surface area (Å²) in [5.74, 6) is -1.82. The minimum absolute atomic E-state index is 0.157. The third-order valence-electron chi connectivity index (χ3n) is 5.79. The van der Waals surface area contributed by atoms with Crippen molar-refractivity contribution in [2.24, 2.45) is 0 Å². The second-order valence-electron chi connectivity index (χ2n) is 7.98. The molecule has 0 aliphatic carbocycles. The maximum atomic E-state index is 12.8. The van der Waals surface area contributed by atoms with Crippen LogP contribution in [0.4, 0.5) is 0 Å². The Morgan fingerprint density at radius 3 is 2.47 bits per heavy atom. The molecule has 4 rings (SSSR count). The molecule has 0 bridgehead atoms. The average Bonchev–Trinajstić information content (AvgIpc) is 3.22. The molecule has 0 aliphatic rings. The van der Waals surface area contributed by atoms with Crippen molar-refractivity contribution in [3.63, 3.8) is 0 Å². The summed E-state index contributed by atoms with van der Waals surface area (Å²) >= 11 is 7.29. The maximum Gasteiger partial charge on any atom is 0.340 e. The van der Waals surface area contributed by atoms with Crippen molar-refractivity contribution in [3.05, 3.63) is 68.7 Å². The third-order valence-corrected chi connectivity index (χ3v) is 6.71. The fourth-order valence-corrected chi connectivity index (χ4v) is 4.67. The number of carbonyl (C=O) groups excluding carboxylic acids is 2. The smallest absolute Gasteiger partial charge is 0.340 e. The molecule has 0 fully saturated rings. The van der Waals surface area contributed by atoms with Gasteiger partial charge in [-0.3, -0.25) is 4.79 Å². The lowest BCUT2D eigenvalue weighted by Gasteiger charge is -2.19. The number of carboxylic acid groups (broad SMARTS) is 1. The Hall–Kier alpha value is -3.23. The van der Waals surface area contributed by atoms with Gasteiger partial charge in [0.1, 0.15) is 11.2 Å². The van der Waals surface area contributed by atoms with E-state index in [-0.39, 0.29) is 17.7 Å². The number of benzene rings is 2. The highest BCUT2D eigenvalue weighted by molar-refractivity contribution is 7.98. The topological polar surface area (TPSA) is 113 Å². The van der Waals surface area contributed by atoms with Crippen molar-refractivity contribution in [3.8, 4) is 11.1 Å². The zero-order valence-corrected chi connectivity index (χ0v) is 20.3. The van der Waals surface area contributed by atoms with Gasteiger partial charge in [-0.2, -0.15) is 11.8 Å². The highest BCUT2D eigenvalue weighted by Crippen LogP contribution is 2.37. The average molecular weight is 499 g/mol. The quantitative estimate of drug-likeness (QED) is 0.387. The molecule has 1 N–H and O–H groups in total. The van der Waals surface area contributed by atoms with E-state index in [2.05, 4.69) is 5.32 Å². The molecule has 0 saturated heterocycles. The molecule has 0 aliphatic heterocycles. The van der Waals surface area contributed by atoms with Gasteiger partial charge in [0.15, 0.2) is 0 Å². The van der Waals surface area contributed by atoms with Gasteiger partial charge in [0, 0.05) is 32.7 Å². The van der Waals surface area contributed by atoms with Gasteiger partial charge >= 0.3 is 5.63 Å². The number of carbonyl (C=O) groups is 2. The van der Waals surface area contributed by atoms with E-state index in [1.807, 2.05) is 18.2 Å². The Balaban J connectivity index is 1.79. The zero-order valence-electron chi connectivity index (χ0n) is 18.7. The number of carboxylic acids is 1. The first-order valence-corrected chi connectivity index (χ1v) is 12.2. The fourth-order valence-electron chi connectivity index (χ4n) is 3.99. The number of furan rings is 1. The van der Waals surface area contributed by atoms with Crippen molar-refractivity contribution in [1.82, 2.24) is 5.32 Å². The van der Waals surface area contributed by atoms with Crippen molar-refractivity contribution in [2.75, 3.05) is 12.0 Å². The minimum Gasteiger partial charge on any atom is -0.548 e. The van der Waals surface area contributed by atoms with Crippen LogP contribution in [0.2, 0.25) is 5.02 Å². The molecule has 2 heterocycles. The zero-order chi connectivity index (χ0) is 24.6. The van der Waals surface area contributed by atoms with Gasteiger partial charge in [-0.1, -0.05) is 23.7 Å². The summed E-state index contributed by atoms with van der Waals surface area (Å²) in [5.41, 5.74) is 3.52. The summed E-state index contributed by atoms with van der Waals surface area (Å²) in [6, 6.07) is 8.10. The number of hydrogen-bond acceptors (Lipinski definition) is 7. The Morgan fingerprint density at radius 2 is 1.82 bits per heavy atom. The molecule has 1 atom stereocenters. The van der Waals surface area contributed by atoms with Gasteiger partial charge in [-0.15, -0.1) is 0 Å². The highest BCUT2D eigenvalue weighted by Gasteiger charge is 2.21. The standard InChI is InChI=1S/C25H22ClNO6S/c1-12-16-8-18-19(14-4-6-15(26)7-5-14)10-32-22(18)13(2)23(16)33-25(31)17(12)9-21(28)27-20(11-34-3)24(29)30/h4-8,10,20H,9,11H2,1-3H3,(H,27,28)(H,29,30)/p-1/t20-/m0/s1. The predicted molar refractivity (Wildman–Crippen MR) is 131 cm³/mol. The minimum atomic E-state index is -1.38. The van der Waals surface area contributed by atoms with E-state index >= 15 is 0 Å². The first kappa shape index (κ1) is 23.9. The van der Waals surface area contributed by atoms with Crippen LogP contribution in [-0.4, -0.2) is 29.9 Å². The molecule has 1 amide bonds. The lowest BCUT2D eigenvalue weighted by Crippen LogP contribution is -2.50. The lowest BCUT2D eigenvalue weighted by molar-refractivity contribution is -0.307. The molecule has 0 spiro atoms. The third kappa shape index (κ3) is 4.43. The van der Waals surface area contributed by atoms with Gasteiger partial charge in [-0.05, 0) is 49.4 Å². The lowest BCUT2D eigenvalue weighted by atomic mass is 9.97. The maximum absolute atomic E-state index is 12.8. The first-order valence-electron chi connectivity index (χ1n) is 10.4. The molecular weight excluding hydrogens is 478 g/mol. The van der Waals surface area contributed by atoms with Gasteiger partial charge < -0.3 is 24.1 Å². The van der Waals surface area contributed by atoms with E-state index in [9.17, 15) is 19.5 Å². The van der Waals surface area contributed by atoms with Crippen LogP contribution in [0.1, 0.15) is 16.7 Å². The van der Waals surface area contributed by atoms with Crippen molar-refractivity contribution in [1.29, 1.82) is 0 Å². The number of fused-ring (bicyclic) bond motifs is 2. The molecule has 2 aromatic carbocycles. The number of rotatable bonds is 7. The molecule has 4 aromatic rings. The Labute approximate surface area is 204 Å². The van der Waals surface area contributed by atoms with Crippen LogP contribution in [0.3, 0.4) is 0 Å². The number of thioether (sulfide) groups is 1. The number of aryl methyl sites for hydroxylation is 2. The number of amides is 1. The summed E-state index contributed by atoms with van der Waals surface area (Å²) in [7, 11) is 0. The largest absolute Gasteiger partial charge is 0.548 e. The molecule has 0 radical (unpaired) electrons. The van der Waals surface area contributed by atoms with Crippen LogP contribution in [0.25, 0.3) is 33.1 Å². The fraction of sp³-hybridized carbons (Fsp3) is 0.240. The van der Waals surface area contributed by atoms with E-state index in [1.165, 1.54) is 11.8 Å². The van der Waals surface area contributed by atoms with Crippen molar-refractivity contribution >= 4 is 57.2 Å². The van der Waals surface area contributed by atoms with Crippen LogP contribution in [0.5, 0.6) is 0 Å². The summed E-state index contributed by atoms with van der Waals surface area (Å²) in [4.78, 5) is 36.5. The van der Waals surface area contributed by atoms with E-state index in [0.29, 0.717) is 32.7 Å². The van der Waals surface area contributed by atoms with E-state index in [1.54, 1.807) is 38.5 Å². The van der Waals surface area contributed by atoms with Crippen LogP contribution >= 0.6 is 23.4 Å². The van der Waals surface area contributed by atoms with E-state index < -0.39 is 23.5 Å². The second kappa shape index (κ2) is 9.56. The molecule has 9 heteroatoms. The predicted octanol–water partition coefficient (Wildman–Crippen LogP) is 3.62. The Kier molecular flexibility index (Phi) is 6.72. The van der Waals surface area contributed by atoms with Gasteiger partial charge in [0.05, 0.1) is 30.3 Å². The summed E-state index contributed by atoms with van der Waals surface area (Å²) in [5, 5.41) is 15.8. The molecule has 0 saturated carbocycles. The van der Waals surface area contributed by atoms with Crippen LogP contribution in [-0.2, 0) is 16.0 Å². The molecule has 34 heavy (non-hydrogen) atoms. The summed E-state index contributed by atoms with van der Waals surface area (Å²) < 4.78 is 11.4. The van der Waals surface area contributed by atoms with E-state index in [0.717, 1.165) is 16.5 Å². The molecule has 176 valence electrons. The number of hydrogen-bond donors (Lipinski definition) is 1. The summed E-state index contributed by atoms with van der Waals surface area (Å²) in [6.45, 7) is 3.55. The van der Waals surface area contributed by atoms with Crippen molar-refractivity contribution in [2.45, 2.75) is 26.3 Å². The van der Waals surface area contributed by atoms with E-state index in [4.69, 9.17) is 20.4 Å². The molecule has 2 aromatic heterocycles. The van der Waals surface area contributed by atoms with Crippen LogP contribution in [0.15, 0.2) is 50.2 Å². The van der Waals surface area contributed by atoms with Crippen LogP contribution in [0, 0.1) is 13.8 Å². The Bertz CT molecular complexity index is 1470. The number of halogens is 1. The molecular formula is C25H21ClNO6S-. The first-order chi connectivity index (χ1) is 16.2.